The van der Waals surface area contributed by atoms with Crippen molar-refractivity contribution in [2.75, 3.05) is 20.1 Å². The van der Waals surface area contributed by atoms with Crippen LogP contribution in [0.1, 0.15) is 11.3 Å². The first-order valence-electron chi connectivity index (χ1n) is 6.98. The van der Waals surface area contributed by atoms with Crippen LogP contribution < -0.4 is 0 Å². The molecule has 0 aliphatic rings. The molecule has 3 nitrogen and oxygen atoms in total. The number of Topliss-reactive ketones (excluding diaryl/α,β-unsaturated/α-hetero) is 1. The summed E-state index contributed by atoms with van der Waals surface area (Å²) in [6.07, 6.45) is 2.93. The van der Waals surface area contributed by atoms with Crippen LogP contribution >= 0.6 is 0 Å². The van der Waals surface area contributed by atoms with Gasteiger partial charge in [0.2, 0.25) is 0 Å². The zero-order chi connectivity index (χ0) is 15.1. The fourth-order valence-corrected chi connectivity index (χ4v) is 2.12. The summed E-state index contributed by atoms with van der Waals surface area (Å²) < 4.78 is 12.8. The minimum atomic E-state index is -0.279. The molecule has 0 aliphatic carbocycles. The molecular weight excluding hydrogens is 267 g/mol. The Morgan fingerprint density at radius 2 is 1.95 bits per heavy atom. The van der Waals surface area contributed by atoms with Crippen LogP contribution in [0.5, 0.6) is 0 Å². The van der Waals surface area contributed by atoms with Gasteiger partial charge in [0, 0.05) is 31.3 Å². The van der Waals surface area contributed by atoms with Crippen LogP contribution in [-0.4, -0.2) is 35.8 Å². The van der Waals surface area contributed by atoms with E-state index in [1.807, 2.05) is 30.1 Å². The molecule has 110 valence electrons. The molecule has 0 saturated carbocycles. The van der Waals surface area contributed by atoms with E-state index in [0.717, 1.165) is 24.2 Å². The van der Waals surface area contributed by atoms with E-state index < -0.39 is 0 Å². The van der Waals surface area contributed by atoms with E-state index in [1.54, 1.807) is 18.3 Å². The molecule has 4 heteroatoms. The molecule has 0 aliphatic heterocycles. The number of hydrogen-bond acceptors (Lipinski definition) is 3. The third kappa shape index (κ3) is 5.44. The van der Waals surface area contributed by atoms with E-state index in [-0.39, 0.29) is 11.6 Å². The number of likely N-dealkylation sites (N-methyl/N-ethyl adjacent to an activating group) is 1. The Kier molecular flexibility index (Phi) is 5.58. The van der Waals surface area contributed by atoms with E-state index in [4.69, 9.17) is 0 Å². The van der Waals surface area contributed by atoms with Gasteiger partial charge in [-0.05, 0) is 36.9 Å². The van der Waals surface area contributed by atoms with Gasteiger partial charge in [-0.1, -0.05) is 18.2 Å². The Labute approximate surface area is 124 Å². The van der Waals surface area contributed by atoms with Gasteiger partial charge in [-0.15, -0.1) is 0 Å². The average Bonchev–Trinajstić information content (AvgIpc) is 2.48. The van der Waals surface area contributed by atoms with Gasteiger partial charge in [-0.3, -0.25) is 14.7 Å². The highest BCUT2D eigenvalue weighted by atomic mass is 19.1. The van der Waals surface area contributed by atoms with Gasteiger partial charge in [0.05, 0.1) is 6.54 Å². The van der Waals surface area contributed by atoms with Crippen molar-refractivity contribution in [2.24, 2.45) is 0 Å². The fourth-order valence-electron chi connectivity index (χ4n) is 2.12. The highest BCUT2D eigenvalue weighted by Crippen LogP contribution is 2.04. The van der Waals surface area contributed by atoms with Crippen molar-refractivity contribution in [3.63, 3.8) is 0 Å². The summed E-state index contributed by atoms with van der Waals surface area (Å²) in [6.45, 7) is 1.18. The largest absolute Gasteiger partial charge is 0.299 e. The molecule has 0 atom stereocenters. The third-order valence-electron chi connectivity index (χ3n) is 3.24. The van der Waals surface area contributed by atoms with Crippen molar-refractivity contribution in [2.45, 2.75) is 12.8 Å². The molecule has 0 bridgehead atoms. The first-order chi connectivity index (χ1) is 10.1. The van der Waals surface area contributed by atoms with E-state index in [0.29, 0.717) is 13.0 Å². The number of ketones is 1. The molecule has 0 fully saturated rings. The zero-order valence-electron chi connectivity index (χ0n) is 12.1. The predicted molar refractivity (Wildman–Crippen MR) is 80.5 cm³/mol. The number of carbonyl (C=O) groups excluding carboxylic acids is 1. The molecule has 0 unspecified atom stereocenters. The average molecular weight is 286 g/mol. The number of hydrogen-bond donors (Lipinski definition) is 0. The molecular formula is C17H19FN2O. The molecule has 0 spiro atoms. The summed E-state index contributed by atoms with van der Waals surface area (Å²) in [6, 6.07) is 11.9. The molecule has 1 aromatic heterocycles. The van der Waals surface area contributed by atoms with Gasteiger partial charge >= 0.3 is 0 Å². The number of benzene rings is 1. The van der Waals surface area contributed by atoms with E-state index in [1.165, 1.54) is 12.1 Å². The smallest absolute Gasteiger partial charge is 0.151 e. The van der Waals surface area contributed by atoms with E-state index >= 15 is 0 Å². The third-order valence-corrected chi connectivity index (χ3v) is 3.24. The Balaban J connectivity index is 1.75. The molecule has 1 aromatic carbocycles. The standard InChI is InChI=1S/C17H19FN2O/c1-20(11-9-16-4-2-3-10-19-16)13-17(21)12-14-5-7-15(18)8-6-14/h2-8,10H,9,11-13H2,1H3. The predicted octanol–water partition coefficient (Wildman–Crippen LogP) is 2.51. The first kappa shape index (κ1) is 15.3. The van der Waals surface area contributed by atoms with Gasteiger partial charge in [0.15, 0.2) is 5.78 Å². The molecule has 0 N–H and O–H groups in total. The van der Waals surface area contributed by atoms with Crippen LogP contribution in [-0.2, 0) is 17.6 Å². The maximum atomic E-state index is 12.8. The van der Waals surface area contributed by atoms with E-state index in [2.05, 4.69) is 4.98 Å². The lowest BCUT2D eigenvalue weighted by atomic mass is 10.1. The Morgan fingerprint density at radius 3 is 2.62 bits per heavy atom. The molecule has 2 rings (SSSR count). The van der Waals surface area contributed by atoms with Gasteiger partial charge in [0.1, 0.15) is 5.82 Å². The maximum absolute atomic E-state index is 12.8. The lowest BCUT2D eigenvalue weighted by molar-refractivity contribution is -0.119. The second-order valence-corrected chi connectivity index (χ2v) is 5.15. The zero-order valence-corrected chi connectivity index (χ0v) is 12.1. The minimum Gasteiger partial charge on any atom is -0.299 e. The molecule has 0 saturated heterocycles. The summed E-state index contributed by atoms with van der Waals surface area (Å²) in [5.74, 6) is -0.149. The molecule has 2 aromatic rings. The molecule has 21 heavy (non-hydrogen) atoms. The Bertz CT molecular complexity index is 569. The lowest BCUT2D eigenvalue weighted by Crippen LogP contribution is -2.29. The van der Waals surface area contributed by atoms with Crippen LogP contribution in [0.25, 0.3) is 0 Å². The minimum absolute atomic E-state index is 0.130. The molecule has 0 radical (unpaired) electrons. The highest BCUT2D eigenvalue weighted by Gasteiger charge is 2.08. The molecule has 0 amide bonds. The van der Waals surface area contributed by atoms with Gasteiger partial charge < -0.3 is 0 Å². The fraction of sp³-hybridized carbons (Fsp3) is 0.294. The number of halogens is 1. The monoisotopic (exact) mass is 286 g/mol. The maximum Gasteiger partial charge on any atom is 0.151 e. The van der Waals surface area contributed by atoms with Crippen LogP contribution in [0.2, 0.25) is 0 Å². The summed E-state index contributed by atoms with van der Waals surface area (Å²) in [7, 11) is 1.92. The first-order valence-corrected chi connectivity index (χ1v) is 6.98. The number of rotatable bonds is 7. The van der Waals surface area contributed by atoms with Crippen molar-refractivity contribution in [1.82, 2.24) is 9.88 Å². The Hall–Kier alpha value is -2.07. The van der Waals surface area contributed by atoms with Crippen molar-refractivity contribution in [3.8, 4) is 0 Å². The summed E-state index contributed by atoms with van der Waals surface area (Å²) in [5.41, 5.74) is 1.87. The van der Waals surface area contributed by atoms with Gasteiger partial charge in [-0.2, -0.15) is 0 Å². The Morgan fingerprint density at radius 1 is 1.19 bits per heavy atom. The highest BCUT2D eigenvalue weighted by molar-refractivity contribution is 5.82. The van der Waals surface area contributed by atoms with Gasteiger partial charge in [-0.25, -0.2) is 4.39 Å². The van der Waals surface area contributed by atoms with E-state index in [9.17, 15) is 9.18 Å². The second kappa shape index (κ2) is 7.64. The van der Waals surface area contributed by atoms with Crippen molar-refractivity contribution >= 4 is 5.78 Å². The van der Waals surface area contributed by atoms with Crippen molar-refractivity contribution in [3.05, 3.63) is 65.7 Å². The number of nitrogens with zero attached hydrogens (tertiary/aromatic N) is 2. The number of pyridine rings is 1. The molecule has 1 heterocycles. The van der Waals surface area contributed by atoms with Crippen LogP contribution in [0.3, 0.4) is 0 Å². The van der Waals surface area contributed by atoms with Crippen molar-refractivity contribution in [1.29, 1.82) is 0 Å². The number of aromatic nitrogens is 1. The topological polar surface area (TPSA) is 33.2 Å². The van der Waals surface area contributed by atoms with Crippen LogP contribution in [0, 0.1) is 5.82 Å². The lowest BCUT2D eigenvalue weighted by Gasteiger charge is -2.15. The number of carbonyl (C=O) groups is 1. The van der Waals surface area contributed by atoms with Crippen molar-refractivity contribution < 1.29 is 9.18 Å². The van der Waals surface area contributed by atoms with Crippen LogP contribution in [0.4, 0.5) is 4.39 Å². The summed E-state index contributed by atoms with van der Waals surface area (Å²) in [5, 5.41) is 0. The second-order valence-electron chi connectivity index (χ2n) is 5.15. The summed E-state index contributed by atoms with van der Waals surface area (Å²) in [4.78, 5) is 18.2. The quantitative estimate of drug-likeness (QED) is 0.784. The summed E-state index contributed by atoms with van der Waals surface area (Å²) >= 11 is 0. The normalized spacial score (nSPS) is 10.8. The van der Waals surface area contributed by atoms with Crippen LogP contribution in [0.15, 0.2) is 48.7 Å². The SMILES string of the molecule is CN(CCc1ccccn1)CC(=O)Cc1ccc(F)cc1. The van der Waals surface area contributed by atoms with Gasteiger partial charge in [0.25, 0.3) is 0 Å².